The average Bonchev–Trinajstić information content (AvgIpc) is 3.29. The molecule has 0 bridgehead atoms. The molecular formula is C47H57FN8O5. The number of piperidine rings is 2. The zero-order valence-corrected chi connectivity index (χ0v) is 35.2. The number of carbonyl (C=O) groups excluding carboxylic acids is 3. The first kappa shape index (κ1) is 43.1. The van der Waals surface area contributed by atoms with Gasteiger partial charge in [-0.25, -0.2) is 14.5 Å². The number of likely N-dealkylation sites (tertiary alicyclic amines) is 2. The lowest BCUT2D eigenvalue weighted by Gasteiger charge is -2.38. The largest absolute Gasteiger partial charge is 0.397 e. The zero-order chi connectivity index (χ0) is 43.0. The number of pyridine rings is 1. The zero-order valence-electron chi connectivity index (χ0n) is 35.2. The molecule has 3 fully saturated rings. The van der Waals surface area contributed by atoms with Crippen molar-refractivity contribution in [3.8, 4) is 11.1 Å². The Bertz CT molecular complexity index is 2420. The van der Waals surface area contributed by atoms with Gasteiger partial charge in [-0.2, -0.15) is 5.10 Å². The predicted octanol–water partition coefficient (Wildman–Crippen LogP) is 5.95. The maximum absolute atomic E-state index is 15.0. The second-order valence-electron chi connectivity index (χ2n) is 15.8. The van der Waals surface area contributed by atoms with Gasteiger partial charge in [-0.1, -0.05) is 67.9 Å². The Hall–Kier alpha value is -5.99. The summed E-state index contributed by atoms with van der Waals surface area (Å²) in [5, 5.41) is 7.96. The minimum absolute atomic E-state index is 0. The summed E-state index contributed by atoms with van der Waals surface area (Å²) >= 11 is 0. The van der Waals surface area contributed by atoms with Crippen LogP contribution in [0.15, 0.2) is 83.8 Å². The van der Waals surface area contributed by atoms with E-state index in [9.17, 15) is 19.2 Å². The number of fused-ring (bicyclic) bond motifs is 1. The maximum Gasteiger partial charge on any atom is 0.274 e. The van der Waals surface area contributed by atoms with E-state index in [1.54, 1.807) is 40.3 Å². The van der Waals surface area contributed by atoms with E-state index in [2.05, 4.69) is 26.1 Å². The Labute approximate surface area is 357 Å². The molecule has 3 saturated heterocycles. The quantitative estimate of drug-likeness (QED) is 0.183. The molecule has 5 aromatic rings. The third-order valence-corrected chi connectivity index (χ3v) is 11.8. The van der Waals surface area contributed by atoms with Crippen LogP contribution >= 0.6 is 0 Å². The van der Waals surface area contributed by atoms with Crippen LogP contribution in [0.1, 0.15) is 78.6 Å². The number of benzene rings is 3. The van der Waals surface area contributed by atoms with Crippen molar-refractivity contribution in [2.24, 2.45) is 0 Å². The molecule has 61 heavy (non-hydrogen) atoms. The van der Waals surface area contributed by atoms with Crippen LogP contribution in [0, 0.1) is 12.7 Å². The van der Waals surface area contributed by atoms with Gasteiger partial charge in [0.25, 0.3) is 17.4 Å². The third-order valence-electron chi connectivity index (χ3n) is 11.8. The summed E-state index contributed by atoms with van der Waals surface area (Å²) in [7, 11) is 0. The van der Waals surface area contributed by atoms with Gasteiger partial charge in [0.15, 0.2) is 5.69 Å². The van der Waals surface area contributed by atoms with E-state index in [1.165, 1.54) is 6.07 Å². The highest BCUT2D eigenvalue weighted by molar-refractivity contribution is 5.98. The second-order valence-corrected chi connectivity index (χ2v) is 15.8. The number of hydrogen-bond donors (Lipinski definition) is 2. The van der Waals surface area contributed by atoms with Crippen LogP contribution in [-0.4, -0.2) is 124 Å². The van der Waals surface area contributed by atoms with Gasteiger partial charge in [0, 0.05) is 77.4 Å². The van der Waals surface area contributed by atoms with Crippen molar-refractivity contribution < 1.29 is 24.9 Å². The first-order valence-corrected chi connectivity index (χ1v) is 21.4. The van der Waals surface area contributed by atoms with Gasteiger partial charge in [-0.15, -0.1) is 0 Å². The number of aromatic amines is 1. The Morgan fingerprint density at radius 3 is 2.13 bits per heavy atom. The van der Waals surface area contributed by atoms with Crippen molar-refractivity contribution in [2.75, 3.05) is 64.6 Å². The first-order chi connectivity index (χ1) is 29.6. The highest BCUT2D eigenvalue weighted by atomic mass is 19.1. The molecule has 322 valence electrons. The molecule has 3 aromatic carbocycles. The number of hydrogen-bond acceptors (Lipinski definition) is 9. The van der Waals surface area contributed by atoms with Gasteiger partial charge < -0.3 is 25.2 Å². The summed E-state index contributed by atoms with van der Waals surface area (Å²) in [6.07, 6.45) is 5.31. The second kappa shape index (κ2) is 19.6. The van der Waals surface area contributed by atoms with E-state index in [0.717, 1.165) is 55.5 Å². The molecule has 8 rings (SSSR count). The summed E-state index contributed by atoms with van der Waals surface area (Å²) < 4.78 is 21.5. The number of piperazine rings is 1. The van der Waals surface area contributed by atoms with Crippen molar-refractivity contribution in [3.05, 3.63) is 123 Å². The van der Waals surface area contributed by atoms with Gasteiger partial charge in [0.1, 0.15) is 5.82 Å². The smallest absolute Gasteiger partial charge is 0.274 e. The Morgan fingerprint density at radius 1 is 0.787 bits per heavy atom. The van der Waals surface area contributed by atoms with E-state index in [4.69, 9.17) is 10.5 Å². The molecule has 13 nitrogen and oxygen atoms in total. The van der Waals surface area contributed by atoms with Crippen LogP contribution in [0.5, 0.6) is 0 Å². The van der Waals surface area contributed by atoms with Gasteiger partial charge in [0.05, 0.1) is 41.1 Å². The monoisotopic (exact) mass is 832 g/mol. The molecule has 0 unspecified atom stereocenters. The number of H-pyrrole nitrogens is 1. The maximum atomic E-state index is 15.0. The summed E-state index contributed by atoms with van der Waals surface area (Å²) in [5.41, 5.74) is 11.0. The molecule has 0 spiro atoms. The lowest BCUT2D eigenvalue weighted by atomic mass is 10.0. The molecule has 2 aromatic heterocycles. The molecule has 0 radical (unpaired) electrons. The number of anilines is 1. The van der Waals surface area contributed by atoms with Crippen molar-refractivity contribution in [1.29, 1.82) is 0 Å². The predicted molar refractivity (Wildman–Crippen MR) is 236 cm³/mol. The minimum atomic E-state index is -0.608. The van der Waals surface area contributed by atoms with Gasteiger partial charge in [0.2, 0.25) is 5.91 Å². The van der Waals surface area contributed by atoms with Gasteiger partial charge in [-0.05, 0) is 68.0 Å². The van der Waals surface area contributed by atoms with Crippen molar-refractivity contribution in [2.45, 2.75) is 65.1 Å². The topological polar surface area (TPSA) is 158 Å². The number of amides is 3. The Morgan fingerprint density at radius 2 is 1.44 bits per heavy atom. The molecular weight excluding hydrogens is 776 g/mol. The first-order valence-electron chi connectivity index (χ1n) is 21.4. The lowest BCUT2D eigenvalue weighted by Crippen LogP contribution is -2.53. The van der Waals surface area contributed by atoms with Crippen LogP contribution < -0.4 is 11.3 Å². The number of rotatable bonds is 9. The van der Waals surface area contributed by atoms with Crippen LogP contribution in [0.25, 0.3) is 21.9 Å². The third kappa shape index (κ3) is 10.1. The van der Waals surface area contributed by atoms with E-state index in [1.807, 2.05) is 62.1 Å². The van der Waals surface area contributed by atoms with Gasteiger partial charge in [-0.3, -0.25) is 24.1 Å². The number of ether oxygens (including phenoxy) is 1. The van der Waals surface area contributed by atoms with E-state index in [-0.39, 0.29) is 42.3 Å². The molecule has 3 N–H and O–H groups in total. The highest BCUT2D eigenvalue weighted by Gasteiger charge is 2.31. The fraction of sp³-hybridized carbons (Fsp3) is 0.404. The summed E-state index contributed by atoms with van der Waals surface area (Å²) in [6.45, 7) is 10.3. The normalized spacial score (nSPS) is 16.6. The van der Waals surface area contributed by atoms with Crippen molar-refractivity contribution in [3.63, 3.8) is 0 Å². The standard InChI is InChI=1S/C45H49FN8O5.C2H6.H2/c1-29-5-4-6-31(23-29)32-26-39(47)42(48-27-32)45(58)53-17-13-34(14-18-53)59-33-11-15-51(16-12-33)28-41(55)52-19-21-54(22-20-52)44(57)37-24-30(9-10-38(37)46)25-40-35-7-2-3-8-36(35)43(56)50-49-40;1-2;/h2-10,23-24,26-27,33-34H,11-22,25,28,47H2,1H3,(H,50,56);1-2H3;1H. The average molecular weight is 833 g/mol. The number of nitrogens with zero attached hydrogens (tertiary/aromatic N) is 6. The minimum Gasteiger partial charge on any atom is -0.397 e. The number of aryl methyl sites for hydroxylation is 1. The fourth-order valence-electron chi connectivity index (χ4n) is 8.43. The number of halogens is 1. The molecule has 3 aliphatic rings. The molecule has 3 amide bonds. The number of nitrogens with one attached hydrogen (secondary N) is 1. The highest BCUT2D eigenvalue weighted by Crippen LogP contribution is 2.27. The fourth-order valence-corrected chi connectivity index (χ4v) is 8.43. The summed E-state index contributed by atoms with van der Waals surface area (Å²) in [4.78, 5) is 64.2. The van der Waals surface area contributed by atoms with E-state index < -0.39 is 11.7 Å². The lowest BCUT2D eigenvalue weighted by molar-refractivity contribution is -0.135. The molecule has 0 atom stereocenters. The molecule has 5 heterocycles. The number of carbonyl (C=O) groups is 3. The van der Waals surface area contributed by atoms with E-state index in [0.29, 0.717) is 80.0 Å². The van der Waals surface area contributed by atoms with Crippen LogP contribution in [0.2, 0.25) is 0 Å². The number of nitrogens with two attached hydrogens (primary N) is 1. The summed E-state index contributed by atoms with van der Waals surface area (Å²) in [6, 6.07) is 21.5. The summed E-state index contributed by atoms with van der Waals surface area (Å²) in [5.74, 6) is -1.17. The SMILES string of the molecule is CC.Cc1cccc(-c2cnc(C(=O)N3CCC(OC4CCN(CC(=O)N5CCN(C(=O)c6cc(Cc7n[nH]c(=O)c8ccccc78)ccc6F)CC5)CC4)CC3)c(N)c2)c1.[HH]. The number of nitrogen functional groups attached to an aromatic ring is 1. The number of aromatic nitrogens is 3. The van der Waals surface area contributed by atoms with Crippen molar-refractivity contribution in [1.82, 2.24) is 34.8 Å². The Balaban J connectivity index is 0.00000211. The van der Waals surface area contributed by atoms with Crippen LogP contribution in [-0.2, 0) is 16.0 Å². The molecule has 3 aliphatic heterocycles. The van der Waals surface area contributed by atoms with Crippen LogP contribution in [0.4, 0.5) is 10.1 Å². The van der Waals surface area contributed by atoms with Crippen LogP contribution in [0.3, 0.4) is 0 Å². The molecule has 0 aliphatic carbocycles. The van der Waals surface area contributed by atoms with Gasteiger partial charge >= 0.3 is 0 Å². The molecule has 0 saturated carbocycles. The van der Waals surface area contributed by atoms with Crippen molar-refractivity contribution >= 4 is 34.2 Å². The Kier molecular flexibility index (Phi) is 13.8. The van der Waals surface area contributed by atoms with E-state index >= 15 is 4.39 Å². The molecule has 14 heteroatoms.